The molecule has 2 aliphatic rings. The molecule has 0 saturated carbocycles. The van der Waals surface area contributed by atoms with Crippen LogP contribution in [0.5, 0.6) is 0 Å². The van der Waals surface area contributed by atoms with Crippen molar-refractivity contribution >= 4 is 16.9 Å². The summed E-state index contributed by atoms with van der Waals surface area (Å²) in [6, 6.07) is 7.65. The van der Waals surface area contributed by atoms with Crippen LogP contribution in [0.15, 0.2) is 35.3 Å². The normalized spacial score (nSPS) is 20.9. The van der Waals surface area contributed by atoms with Gasteiger partial charge in [0.2, 0.25) is 0 Å². The second kappa shape index (κ2) is 6.81. The Labute approximate surface area is 168 Å². The van der Waals surface area contributed by atoms with Gasteiger partial charge < -0.3 is 14.4 Å². The molecule has 5 rings (SSSR count). The fourth-order valence-electron chi connectivity index (χ4n) is 4.73. The van der Waals surface area contributed by atoms with Crippen LogP contribution in [0.4, 0.5) is 0 Å². The molecule has 0 spiro atoms. The Bertz CT molecular complexity index is 1150. The average molecular weight is 392 g/mol. The number of H-pyrrole nitrogens is 1. The predicted molar refractivity (Wildman–Crippen MR) is 109 cm³/mol. The lowest BCUT2D eigenvalue weighted by molar-refractivity contribution is 0.0588. The van der Waals surface area contributed by atoms with E-state index in [1.165, 1.54) is 0 Å². The lowest BCUT2D eigenvalue weighted by atomic mass is 9.83. The summed E-state index contributed by atoms with van der Waals surface area (Å²) in [5, 5.41) is 7.68. The molecule has 0 aromatic carbocycles. The predicted octanol–water partition coefficient (Wildman–Crippen LogP) is 1.44. The first-order chi connectivity index (χ1) is 14.0. The molecule has 2 bridgehead atoms. The van der Waals surface area contributed by atoms with E-state index < -0.39 is 0 Å². The maximum absolute atomic E-state index is 13.1. The Kier molecular flexibility index (Phi) is 4.24. The zero-order chi connectivity index (χ0) is 20.1. The number of aromatic amines is 1. The number of pyridine rings is 2. The van der Waals surface area contributed by atoms with E-state index in [9.17, 15) is 9.59 Å². The Hall–Kier alpha value is -3.00. The van der Waals surface area contributed by atoms with E-state index in [0.29, 0.717) is 37.5 Å². The van der Waals surface area contributed by atoms with Crippen LogP contribution in [-0.4, -0.2) is 62.6 Å². The third kappa shape index (κ3) is 3.13. The molecule has 3 aromatic rings. The molecule has 1 saturated heterocycles. The van der Waals surface area contributed by atoms with Crippen molar-refractivity contribution in [3.05, 3.63) is 57.8 Å². The summed E-state index contributed by atoms with van der Waals surface area (Å²) in [6.07, 6.45) is 2.71. The number of aromatic nitrogens is 4. The molecule has 1 amide bonds. The lowest BCUT2D eigenvalue weighted by Crippen LogP contribution is -2.49. The van der Waals surface area contributed by atoms with Crippen LogP contribution in [0.2, 0.25) is 0 Å². The largest absolute Gasteiger partial charge is 0.336 e. The number of likely N-dealkylation sites (tertiary alicyclic amines) is 1. The monoisotopic (exact) mass is 392 g/mol. The van der Waals surface area contributed by atoms with Crippen LogP contribution in [0.1, 0.15) is 34.1 Å². The summed E-state index contributed by atoms with van der Waals surface area (Å²) < 4.78 is 1.94. The quantitative estimate of drug-likeness (QED) is 0.729. The highest BCUT2D eigenvalue weighted by atomic mass is 16.2. The molecule has 3 aromatic heterocycles. The van der Waals surface area contributed by atoms with Gasteiger partial charge >= 0.3 is 0 Å². The van der Waals surface area contributed by atoms with E-state index in [0.717, 1.165) is 23.1 Å². The minimum atomic E-state index is -0.0591. The number of piperidine rings is 1. The summed E-state index contributed by atoms with van der Waals surface area (Å²) in [5.74, 6) is 0.410. The molecule has 2 atom stereocenters. The molecule has 0 radical (unpaired) electrons. The number of hydrogen-bond donors (Lipinski definition) is 1. The molecular formula is C21H24N6O2. The molecule has 2 aliphatic heterocycles. The molecule has 8 nitrogen and oxygen atoms in total. The molecule has 8 heteroatoms. The molecule has 1 N–H and O–H groups in total. The van der Waals surface area contributed by atoms with E-state index in [-0.39, 0.29) is 23.3 Å². The maximum Gasteiger partial charge on any atom is 0.272 e. The van der Waals surface area contributed by atoms with E-state index in [1.807, 2.05) is 40.6 Å². The third-order valence-electron chi connectivity index (χ3n) is 5.98. The first-order valence-corrected chi connectivity index (χ1v) is 9.96. The SMILES string of the molecule is CN(C)Cc1ccc2n(c1=O)C[C@H]1C[C@@H]2CN(C(=O)c2ccc3cn[nH]c3n2)C1. The molecular weight excluding hydrogens is 368 g/mol. The van der Waals surface area contributed by atoms with E-state index >= 15 is 0 Å². The number of hydrogen-bond acceptors (Lipinski definition) is 5. The van der Waals surface area contributed by atoms with Gasteiger partial charge in [-0.2, -0.15) is 5.10 Å². The Morgan fingerprint density at radius 3 is 2.90 bits per heavy atom. The van der Waals surface area contributed by atoms with Gasteiger partial charge in [0.15, 0.2) is 5.65 Å². The van der Waals surface area contributed by atoms with Crippen molar-refractivity contribution in [3.63, 3.8) is 0 Å². The molecule has 0 aliphatic carbocycles. The van der Waals surface area contributed by atoms with Crippen LogP contribution < -0.4 is 5.56 Å². The van der Waals surface area contributed by atoms with Gasteiger partial charge in [0.25, 0.3) is 11.5 Å². The number of nitrogens with one attached hydrogen (secondary N) is 1. The average Bonchev–Trinajstić information content (AvgIpc) is 3.17. The van der Waals surface area contributed by atoms with Gasteiger partial charge in [0, 0.05) is 48.7 Å². The van der Waals surface area contributed by atoms with Gasteiger partial charge in [-0.25, -0.2) is 4.98 Å². The zero-order valence-corrected chi connectivity index (χ0v) is 16.6. The Morgan fingerprint density at radius 2 is 2.07 bits per heavy atom. The lowest BCUT2D eigenvalue weighted by Gasteiger charge is -2.42. The standard InChI is InChI=1S/C21H24N6O2/c1-25(2)11-15-4-6-18-16-7-13(10-27(18)20(15)28)9-26(12-16)21(29)17-5-3-14-8-22-24-19(14)23-17/h3-6,8,13,16H,7,9-12H2,1-2H3,(H,22,23,24)/t13-,16+/m0/s1. The van der Waals surface area contributed by atoms with Gasteiger partial charge in [0.1, 0.15) is 5.69 Å². The van der Waals surface area contributed by atoms with Gasteiger partial charge in [-0.3, -0.25) is 14.7 Å². The molecule has 150 valence electrons. The summed E-state index contributed by atoms with van der Waals surface area (Å²) in [6.45, 7) is 2.58. The molecule has 5 heterocycles. The fourth-order valence-corrected chi connectivity index (χ4v) is 4.73. The van der Waals surface area contributed by atoms with Crippen molar-refractivity contribution in [2.45, 2.75) is 25.4 Å². The van der Waals surface area contributed by atoms with Crippen molar-refractivity contribution in [2.24, 2.45) is 5.92 Å². The topological polar surface area (TPSA) is 87.1 Å². The summed E-state index contributed by atoms with van der Waals surface area (Å²) in [5.41, 5.74) is 3.03. The number of nitrogens with zero attached hydrogens (tertiary/aromatic N) is 5. The highest BCUT2D eigenvalue weighted by Crippen LogP contribution is 2.35. The van der Waals surface area contributed by atoms with Crippen LogP contribution in [0, 0.1) is 5.92 Å². The minimum absolute atomic E-state index is 0.0591. The summed E-state index contributed by atoms with van der Waals surface area (Å²) >= 11 is 0. The number of carbonyl (C=O) groups excluding carboxylic acids is 1. The number of carbonyl (C=O) groups is 1. The van der Waals surface area contributed by atoms with Crippen molar-refractivity contribution < 1.29 is 4.79 Å². The molecule has 29 heavy (non-hydrogen) atoms. The summed E-state index contributed by atoms with van der Waals surface area (Å²) in [7, 11) is 3.94. The van der Waals surface area contributed by atoms with Gasteiger partial charge in [-0.05, 0) is 44.6 Å². The highest BCUT2D eigenvalue weighted by molar-refractivity contribution is 5.94. The maximum atomic E-state index is 13.1. The zero-order valence-electron chi connectivity index (χ0n) is 16.6. The van der Waals surface area contributed by atoms with Gasteiger partial charge in [-0.15, -0.1) is 0 Å². The van der Waals surface area contributed by atoms with E-state index in [4.69, 9.17) is 0 Å². The first kappa shape index (κ1) is 18.1. The third-order valence-corrected chi connectivity index (χ3v) is 5.98. The van der Waals surface area contributed by atoms with Crippen LogP contribution in [0.3, 0.4) is 0 Å². The highest BCUT2D eigenvalue weighted by Gasteiger charge is 2.37. The van der Waals surface area contributed by atoms with Crippen molar-refractivity contribution in [3.8, 4) is 0 Å². The molecule has 1 fully saturated rings. The summed E-state index contributed by atoms with van der Waals surface area (Å²) in [4.78, 5) is 34.4. The minimum Gasteiger partial charge on any atom is -0.336 e. The van der Waals surface area contributed by atoms with Crippen molar-refractivity contribution in [1.29, 1.82) is 0 Å². The fraction of sp³-hybridized carbons (Fsp3) is 0.429. The first-order valence-electron chi connectivity index (χ1n) is 9.96. The Morgan fingerprint density at radius 1 is 1.21 bits per heavy atom. The van der Waals surface area contributed by atoms with Gasteiger partial charge in [0.05, 0.1) is 6.20 Å². The van der Waals surface area contributed by atoms with Crippen molar-refractivity contribution in [2.75, 3.05) is 27.2 Å². The number of fused-ring (bicyclic) bond motifs is 5. The van der Waals surface area contributed by atoms with E-state index in [2.05, 4.69) is 21.2 Å². The van der Waals surface area contributed by atoms with Crippen LogP contribution in [-0.2, 0) is 13.1 Å². The van der Waals surface area contributed by atoms with Crippen LogP contribution >= 0.6 is 0 Å². The van der Waals surface area contributed by atoms with Gasteiger partial charge in [-0.1, -0.05) is 6.07 Å². The Balaban J connectivity index is 1.42. The van der Waals surface area contributed by atoms with Crippen molar-refractivity contribution in [1.82, 2.24) is 29.5 Å². The smallest absolute Gasteiger partial charge is 0.272 e. The number of rotatable bonds is 3. The molecule has 0 unspecified atom stereocenters. The second-order valence-electron chi connectivity index (χ2n) is 8.45. The van der Waals surface area contributed by atoms with Crippen LogP contribution in [0.25, 0.3) is 11.0 Å². The second-order valence-corrected chi connectivity index (χ2v) is 8.45. The van der Waals surface area contributed by atoms with E-state index in [1.54, 1.807) is 12.3 Å². The number of amides is 1.